The Balaban J connectivity index is 1.18. The molecular formula is C38H41N3O4. The second kappa shape index (κ2) is 14.1. The second-order valence-electron chi connectivity index (χ2n) is 12.4. The van der Waals surface area contributed by atoms with Crippen molar-refractivity contribution in [2.24, 2.45) is 5.92 Å². The summed E-state index contributed by atoms with van der Waals surface area (Å²) < 4.78 is 0. The first-order chi connectivity index (χ1) is 21.9. The molecule has 45 heavy (non-hydrogen) atoms. The molecule has 7 nitrogen and oxygen atoms in total. The van der Waals surface area contributed by atoms with Gasteiger partial charge in [0.2, 0.25) is 5.91 Å². The van der Waals surface area contributed by atoms with Crippen molar-refractivity contribution in [3.05, 3.63) is 143 Å². The third-order valence-electron chi connectivity index (χ3n) is 9.08. The van der Waals surface area contributed by atoms with Crippen molar-refractivity contribution >= 4 is 11.9 Å². The fraction of sp³-hybridized carbons (Fsp3) is 0.316. The second-order valence-corrected chi connectivity index (χ2v) is 12.4. The SMILES string of the molecule is O=C(NC1c2ccccc2C[C@H]1O)[C@H](Cc1ccccc1)C[C@H](O)CN1C(=O)N(Cc2ccccc2)C[C@@H]1Cc1ccccc1. The Bertz CT molecular complexity index is 1570. The van der Waals surface area contributed by atoms with Gasteiger partial charge in [0.05, 0.1) is 24.3 Å². The lowest BCUT2D eigenvalue weighted by Gasteiger charge is -2.28. The topological polar surface area (TPSA) is 93.1 Å². The summed E-state index contributed by atoms with van der Waals surface area (Å²) in [6.07, 6.45) is 0.181. The molecule has 232 valence electrons. The lowest BCUT2D eigenvalue weighted by molar-refractivity contribution is -0.127. The van der Waals surface area contributed by atoms with Crippen molar-refractivity contribution in [2.45, 2.75) is 56.5 Å². The summed E-state index contributed by atoms with van der Waals surface area (Å²) >= 11 is 0. The summed E-state index contributed by atoms with van der Waals surface area (Å²) in [5.41, 5.74) is 5.15. The van der Waals surface area contributed by atoms with Crippen LogP contribution in [-0.4, -0.2) is 63.3 Å². The summed E-state index contributed by atoms with van der Waals surface area (Å²) in [7, 11) is 0. The van der Waals surface area contributed by atoms with Crippen LogP contribution >= 0.6 is 0 Å². The van der Waals surface area contributed by atoms with Gasteiger partial charge in [-0.3, -0.25) is 4.79 Å². The number of carbonyl (C=O) groups excluding carboxylic acids is 2. The molecule has 0 saturated carbocycles. The van der Waals surface area contributed by atoms with Crippen molar-refractivity contribution in [3.63, 3.8) is 0 Å². The minimum absolute atomic E-state index is 0.103. The molecule has 4 aromatic rings. The van der Waals surface area contributed by atoms with Crippen LogP contribution in [0.4, 0.5) is 4.79 Å². The number of amides is 3. The van der Waals surface area contributed by atoms with Gasteiger partial charge in [-0.2, -0.15) is 0 Å². The Morgan fingerprint density at radius 2 is 1.42 bits per heavy atom. The van der Waals surface area contributed by atoms with Crippen LogP contribution < -0.4 is 5.32 Å². The Morgan fingerprint density at radius 3 is 2.11 bits per heavy atom. The van der Waals surface area contributed by atoms with E-state index in [-0.39, 0.29) is 30.9 Å². The van der Waals surface area contributed by atoms with E-state index < -0.39 is 24.2 Å². The molecule has 3 N–H and O–H groups in total. The fourth-order valence-electron chi connectivity index (χ4n) is 6.82. The molecule has 1 fully saturated rings. The molecule has 0 aromatic heterocycles. The Hall–Kier alpha value is -4.46. The first kappa shape index (κ1) is 30.6. The summed E-state index contributed by atoms with van der Waals surface area (Å²) in [5.74, 6) is -0.758. The molecule has 1 aliphatic heterocycles. The normalized spacial score (nSPS) is 20.6. The Morgan fingerprint density at radius 1 is 0.822 bits per heavy atom. The van der Waals surface area contributed by atoms with Gasteiger partial charge < -0.3 is 25.3 Å². The quantitative estimate of drug-likeness (QED) is 0.214. The van der Waals surface area contributed by atoms with Gasteiger partial charge in [-0.1, -0.05) is 115 Å². The molecule has 1 saturated heterocycles. The number of nitrogens with one attached hydrogen (secondary N) is 1. The number of rotatable bonds is 12. The molecule has 3 amide bonds. The van der Waals surface area contributed by atoms with Crippen LogP contribution in [0.25, 0.3) is 0 Å². The molecule has 0 radical (unpaired) electrons. The van der Waals surface area contributed by atoms with Gasteiger partial charge in [0.1, 0.15) is 0 Å². The smallest absolute Gasteiger partial charge is 0.320 e. The molecule has 5 atom stereocenters. The molecule has 1 unspecified atom stereocenters. The molecule has 6 rings (SSSR count). The van der Waals surface area contributed by atoms with Gasteiger partial charge in [-0.15, -0.1) is 0 Å². The number of aliphatic hydroxyl groups excluding tert-OH is 2. The van der Waals surface area contributed by atoms with Gasteiger partial charge in [0, 0.05) is 32.0 Å². The first-order valence-electron chi connectivity index (χ1n) is 15.9. The van der Waals surface area contributed by atoms with Crippen LogP contribution in [0.3, 0.4) is 0 Å². The number of β-amino-alcohol motifs (C(OH)–C–C–N with tert-alkyl or cyclic N) is 1. The van der Waals surface area contributed by atoms with Crippen molar-refractivity contribution in [2.75, 3.05) is 13.1 Å². The van der Waals surface area contributed by atoms with Crippen LogP contribution in [0.1, 0.15) is 40.3 Å². The van der Waals surface area contributed by atoms with E-state index in [2.05, 4.69) is 17.4 Å². The van der Waals surface area contributed by atoms with E-state index in [1.807, 2.05) is 108 Å². The zero-order valence-corrected chi connectivity index (χ0v) is 25.4. The number of hydrogen-bond acceptors (Lipinski definition) is 4. The zero-order chi connectivity index (χ0) is 31.2. The average molecular weight is 604 g/mol. The molecule has 7 heteroatoms. The molecular weight excluding hydrogens is 562 g/mol. The van der Waals surface area contributed by atoms with E-state index in [0.717, 1.165) is 27.8 Å². The lowest BCUT2D eigenvalue weighted by Crippen LogP contribution is -2.44. The van der Waals surface area contributed by atoms with Crippen LogP contribution in [0, 0.1) is 5.92 Å². The third kappa shape index (κ3) is 7.44. The average Bonchev–Trinajstić information content (AvgIpc) is 3.52. The predicted octanol–water partition coefficient (Wildman–Crippen LogP) is 4.92. The van der Waals surface area contributed by atoms with E-state index in [0.29, 0.717) is 32.4 Å². The number of aliphatic hydroxyl groups is 2. The van der Waals surface area contributed by atoms with Crippen LogP contribution in [0.5, 0.6) is 0 Å². The summed E-state index contributed by atoms with van der Waals surface area (Å²) in [6.45, 7) is 1.19. The van der Waals surface area contributed by atoms with Crippen molar-refractivity contribution in [1.29, 1.82) is 0 Å². The fourth-order valence-corrected chi connectivity index (χ4v) is 6.82. The highest BCUT2D eigenvalue weighted by molar-refractivity contribution is 5.80. The maximum Gasteiger partial charge on any atom is 0.320 e. The predicted molar refractivity (Wildman–Crippen MR) is 174 cm³/mol. The van der Waals surface area contributed by atoms with Crippen molar-refractivity contribution in [3.8, 4) is 0 Å². The van der Waals surface area contributed by atoms with Crippen molar-refractivity contribution < 1.29 is 19.8 Å². The number of fused-ring (bicyclic) bond motifs is 1. The zero-order valence-electron chi connectivity index (χ0n) is 25.4. The van der Waals surface area contributed by atoms with Crippen LogP contribution in [-0.2, 0) is 30.6 Å². The highest BCUT2D eigenvalue weighted by atomic mass is 16.3. The highest BCUT2D eigenvalue weighted by Gasteiger charge is 2.39. The lowest BCUT2D eigenvalue weighted by atomic mass is 9.91. The van der Waals surface area contributed by atoms with Gasteiger partial charge >= 0.3 is 6.03 Å². The highest BCUT2D eigenvalue weighted by Crippen LogP contribution is 2.32. The minimum atomic E-state index is -0.913. The third-order valence-corrected chi connectivity index (χ3v) is 9.08. The van der Waals surface area contributed by atoms with E-state index in [1.165, 1.54) is 0 Å². The molecule has 0 bridgehead atoms. The number of urea groups is 1. The van der Waals surface area contributed by atoms with E-state index in [1.54, 1.807) is 4.90 Å². The van der Waals surface area contributed by atoms with E-state index >= 15 is 0 Å². The summed E-state index contributed by atoms with van der Waals surface area (Å²) in [5, 5.41) is 25.4. The van der Waals surface area contributed by atoms with Gasteiger partial charge in [-0.25, -0.2) is 4.79 Å². The molecule has 2 aliphatic rings. The van der Waals surface area contributed by atoms with Crippen LogP contribution in [0.15, 0.2) is 115 Å². The standard InChI is InChI=1S/C38H41N3O4/c42-33(26-41-32(21-28-14-6-2-7-15-28)25-40(38(41)45)24-29-16-8-3-9-17-29)22-31(20-27-12-4-1-5-13-27)37(44)39-36-34-19-11-10-18-30(34)23-35(36)43/h1-19,31-33,35-36,42-43H,20-26H2,(H,39,44)/t31-,32+,33+,35-,36?/m1/s1. The van der Waals surface area contributed by atoms with Crippen molar-refractivity contribution in [1.82, 2.24) is 15.1 Å². The number of nitrogens with zero attached hydrogens (tertiary/aromatic N) is 2. The van der Waals surface area contributed by atoms with E-state index in [4.69, 9.17) is 0 Å². The largest absolute Gasteiger partial charge is 0.391 e. The first-order valence-corrected chi connectivity index (χ1v) is 15.9. The van der Waals surface area contributed by atoms with Gasteiger partial charge in [0.25, 0.3) is 0 Å². The molecule has 0 spiro atoms. The number of hydrogen-bond donors (Lipinski definition) is 3. The summed E-state index contributed by atoms with van der Waals surface area (Å²) in [4.78, 5) is 31.2. The molecule has 4 aromatic carbocycles. The Labute approximate surface area is 265 Å². The number of carbonyl (C=O) groups is 2. The minimum Gasteiger partial charge on any atom is -0.391 e. The maximum absolute atomic E-state index is 13.8. The molecule has 1 heterocycles. The monoisotopic (exact) mass is 603 g/mol. The summed E-state index contributed by atoms with van der Waals surface area (Å²) in [6, 6.07) is 36.9. The van der Waals surface area contributed by atoms with Gasteiger partial charge in [0.15, 0.2) is 0 Å². The maximum atomic E-state index is 13.8. The molecule has 1 aliphatic carbocycles. The Kier molecular flexibility index (Phi) is 9.58. The van der Waals surface area contributed by atoms with E-state index in [9.17, 15) is 19.8 Å². The number of benzene rings is 4. The van der Waals surface area contributed by atoms with Crippen LogP contribution in [0.2, 0.25) is 0 Å². The van der Waals surface area contributed by atoms with Gasteiger partial charge in [-0.05, 0) is 47.1 Å².